The third kappa shape index (κ3) is 5.85. The summed E-state index contributed by atoms with van der Waals surface area (Å²) in [6.07, 6.45) is 0.542. The summed E-state index contributed by atoms with van der Waals surface area (Å²) in [7, 11) is 0. The van der Waals surface area contributed by atoms with Crippen molar-refractivity contribution in [2.24, 2.45) is 5.73 Å². The second kappa shape index (κ2) is 9.08. The molecule has 2 aromatic rings. The minimum atomic E-state index is -0.533. The Morgan fingerprint density at radius 3 is 2.35 bits per heavy atom. The van der Waals surface area contributed by atoms with E-state index in [1.54, 1.807) is 0 Å². The van der Waals surface area contributed by atoms with Crippen LogP contribution in [0.3, 0.4) is 0 Å². The van der Waals surface area contributed by atoms with Crippen molar-refractivity contribution in [2.75, 3.05) is 6.61 Å². The summed E-state index contributed by atoms with van der Waals surface area (Å²) in [6, 6.07) is 17.3. The van der Waals surface area contributed by atoms with E-state index in [1.165, 1.54) is 0 Å². The van der Waals surface area contributed by atoms with Crippen molar-refractivity contribution in [3.05, 3.63) is 71.3 Å². The van der Waals surface area contributed by atoms with Crippen molar-refractivity contribution in [1.29, 1.82) is 0 Å². The molecule has 0 aliphatic carbocycles. The van der Waals surface area contributed by atoms with Gasteiger partial charge in [0.2, 0.25) is 5.91 Å². The molecule has 2 aromatic carbocycles. The molecule has 4 nitrogen and oxygen atoms in total. The summed E-state index contributed by atoms with van der Waals surface area (Å²) >= 11 is 0. The highest BCUT2D eigenvalue weighted by Crippen LogP contribution is 2.06. The molecule has 0 fully saturated rings. The number of rotatable bonds is 8. The van der Waals surface area contributed by atoms with Crippen LogP contribution >= 0.6 is 0 Å². The van der Waals surface area contributed by atoms with Crippen molar-refractivity contribution in [3.8, 4) is 0 Å². The van der Waals surface area contributed by atoms with Gasteiger partial charge in [-0.25, -0.2) is 0 Å². The molecular weight excluding hydrogens is 288 g/mol. The summed E-state index contributed by atoms with van der Waals surface area (Å²) in [5, 5.41) is 2.89. The second-order valence-corrected chi connectivity index (χ2v) is 5.47. The van der Waals surface area contributed by atoms with E-state index in [0.29, 0.717) is 26.2 Å². The Bertz CT molecular complexity index is 597. The standard InChI is InChI=1S/C19H24N2O2/c1-2-23-14-17-10-8-16(9-11-17)13-21-19(22)18(20)12-15-6-4-3-5-7-15/h3-11,18H,2,12-14,20H2,1H3,(H,21,22). The van der Waals surface area contributed by atoms with Crippen molar-refractivity contribution >= 4 is 5.91 Å². The lowest BCUT2D eigenvalue weighted by Crippen LogP contribution is -2.41. The number of carbonyl (C=O) groups excluding carboxylic acids is 1. The molecule has 0 aliphatic heterocycles. The van der Waals surface area contributed by atoms with Crippen molar-refractivity contribution in [3.63, 3.8) is 0 Å². The maximum Gasteiger partial charge on any atom is 0.237 e. The summed E-state index contributed by atoms with van der Waals surface area (Å²) in [4.78, 5) is 12.1. The highest BCUT2D eigenvalue weighted by molar-refractivity contribution is 5.81. The molecule has 2 rings (SSSR count). The van der Waals surface area contributed by atoms with E-state index in [4.69, 9.17) is 10.5 Å². The van der Waals surface area contributed by atoms with E-state index in [2.05, 4.69) is 5.32 Å². The van der Waals surface area contributed by atoms with Gasteiger partial charge in [-0.2, -0.15) is 0 Å². The Kier molecular flexibility index (Phi) is 6.78. The van der Waals surface area contributed by atoms with Gasteiger partial charge in [-0.15, -0.1) is 0 Å². The minimum Gasteiger partial charge on any atom is -0.377 e. The molecule has 0 bridgehead atoms. The van der Waals surface area contributed by atoms with E-state index in [0.717, 1.165) is 16.7 Å². The average Bonchev–Trinajstić information content (AvgIpc) is 2.59. The summed E-state index contributed by atoms with van der Waals surface area (Å²) in [5.41, 5.74) is 9.20. The number of benzene rings is 2. The fourth-order valence-electron chi connectivity index (χ4n) is 2.25. The van der Waals surface area contributed by atoms with Gasteiger partial charge >= 0.3 is 0 Å². The molecule has 0 heterocycles. The first kappa shape index (κ1) is 17.2. The zero-order chi connectivity index (χ0) is 16.5. The SMILES string of the molecule is CCOCc1ccc(CNC(=O)C(N)Cc2ccccc2)cc1. The Labute approximate surface area is 137 Å². The second-order valence-electron chi connectivity index (χ2n) is 5.47. The maximum absolute atomic E-state index is 12.1. The maximum atomic E-state index is 12.1. The Morgan fingerprint density at radius 1 is 1.04 bits per heavy atom. The largest absolute Gasteiger partial charge is 0.377 e. The lowest BCUT2D eigenvalue weighted by atomic mass is 10.1. The average molecular weight is 312 g/mol. The number of ether oxygens (including phenoxy) is 1. The van der Waals surface area contributed by atoms with Crippen LogP contribution in [0.4, 0.5) is 0 Å². The topological polar surface area (TPSA) is 64.3 Å². The fraction of sp³-hybridized carbons (Fsp3) is 0.316. The van der Waals surface area contributed by atoms with Gasteiger partial charge in [0.15, 0.2) is 0 Å². The van der Waals surface area contributed by atoms with E-state index in [-0.39, 0.29) is 5.91 Å². The first-order valence-corrected chi connectivity index (χ1v) is 7.92. The van der Waals surface area contributed by atoms with Gasteiger partial charge in [0.05, 0.1) is 12.6 Å². The Balaban J connectivity index is 1.79. The molecule has 1 atom stereocenters. The predicted octanol–water partition coefficient (Wildman–Crippen LogP) is 2.41. The summed E-state index contributed by atoms with van der Waals surface area (Å²) < 4.78 is 5.36. The van der Waals surface area contributed by atoms with Gasteiger partial charge < -0.3 is 15.8 Å². The van der Waals surface area contributed by atoms with Gasteiger partial charge in [-0.05, 0) is 30.0 Å². The van der Waals surface area contributed by atoms with Crippen LogP contribution in [0.15, 0.2) is 54.6 Å². The van der Waals surface area contributed by atoms with E-state index in [9.17, 15) is 4.79 Å². The molecule has 1 unspecified atom stereocenters. The lowest BCUT2D eigenvalue weighted by molar-refractivity contribution is -0.122. The van der Waals surface area contributed by atoms with Crippen molar-refractivity contribution in [1.82, 2.24) is 5.32 Å². The number of hydrogen-bond donors (Lipinski definition) is 2. The number of carbonyl (C=O) groups is 1. The molecule has 0 radical (unpaired) electrons. The molecule has 3 N–H and O–H groups in total. The number of nitrogens with one attached hydrogen (secondary N) is 1. The molecule has 4 heteroatoms. The lowest BCUT2D eigenvalue weighted by Gasteiger charge is -2.12. The van der Waals surface area contributed by atoms with Crippen LogP contribution in [0.2, 0.25) is 0 Å². The van der Waals surface area contributed by atoms with E-state index >= 15 is 0 Å². The smallest absolute Gasteiger partial charge is 0.237 e. The first-order valence-electron chi connectivity index (χ1n) is 7.92. The fourth-order valence-corrected chi connectivity index (χ4v) is 2.25. The minimum absolute atomic E-state index is 0.132. The highest BCUT2D eigenvalue weighted by Gasteiger charge is 2.13. The highest BCUT2D eigenvalue weighted by atomic mass is 16.5. The quantitative estimate of drug-likeness (QED) is 0.787. The molecule has 1 amide bonds. The number of nitrogens with two attached hydrogens (primary N) is 1. The molecule has 0 aromatic heterocycles. The van der Waals surface area contributed by atoms with E-state index in [1.807, 2.05) is 61.5 Å². The van der Waals surface area contributed by atoms with Crippen LogP contribution in [-0.4, -0.2) is 18.6 Å². The monoisotopic (exact) mass is 312 g/mol. The van der Waals surface area contributed by atoms with Gasteiger partial charge in [0, 0.05) is 13.2 Å². The van der Waals surface area contributed by atoms with Crippen LogP contribution in [0, 0.1) is 0 Å². The molecule has 0 saturated heterocycles. The molecule has 23 heavy (non-hydrogen) atoms. The third-order valence-corrected chi connectivity index (χ3v) is 3.60. The zero-order valence-corrected chi connectivity index (χ0v) is 13.5. The van der Waals surface area contributed by atoms with Crippen LogP contribution in [0.1, 0.15) is 23.6 Å². The molecule has 0 aliphatic rings. The third-order valence-electron chi connectivity index (χ3n) is 3.60. The predicted molar refractivity (Wildman–Crippen MR) is 91.7 cm³/mol. The zero-order valence-electron chi connectivity index (χ0n) is 13.5. The van der Waals surface area contributed by atoms with Gasteiger partial charge in [-0.1, -0.05) is 54.6 Å². The molecular formula is C19H24N2O2. The molecule has 122 valence electrons. The molecule has 0 saturated carbocycles. The van der Waals surface area contributed by atoms with Gasteiger partial charge in [-0.3, -0.25) is 4.79 Å². The summed E-state index contributed by atoms with van der Waals surface area (Å²) in [5.74, 6) is -0.132. The first-order chi connectivity index (χ1) is 11.2. The van der Waals surface area contributed by atoms with Crippen molar-refractivity contribution < 1.29 is 9.53 Å². The van der Waals surface area contributed by atoms with Crippen LogP contribution in [-0.2, 0) is 29.1 Å². The van der Waals surface area contributed by atoms with Crippen LogP contribution in [0.25, 0.3) is 0 Å². The molecule has 0 spiro atoms. The van der Waals surface area contributed by atoms with E-state index < -0.39 is 6.04 Å². The van der Waals surface area contributed by atoms with Gasteiger partial charge in [0.1, 0.15) is 0 Å². The number of hydrogen-bond acceptors (Lipinski definition) is 3. The Morgan fingerprint density at radius 2 is 1.70 bits per heavy atom. The normalized spacial score (nSPS) is 11.9. The van der Waals surface area contributed by atoms with Crippen LogP contribution < -0.4 is 11.1 Å². The summed E-state index contributed by atoms with van der Waals surface area (Å²) in [6.45, 7) is 3.78. The van der Waals surface area contributed by atoms with Crippen LogP contribution in [0.5, 0.6) is 0 Å². The number of amides is 1. The van der Waals surface area contributed by atoms with Gasteiger partial charge in [0.25, 0.3) is 0 Å². The van der Waals surface area contributed by atoms with Crippen molar-refractivity contribution in [2.45, 2.75) is 32.5 Å². The Hall–Kier alpha value is -2.17.